The van der Waals surface area contributed by atoms with Gasteiger partial charge in [-0.1, -0.05) is 5.16 Å². The third-order valence-electron chi connectivity index (χ3n) is 4.07. The molecule has 0 bridgehead atoms. The summed E-state index contributed by atoms with van der Waals surface area (Å²) in [5, 5.41) is 23.7. The number of carbonyl (C=O) groups excluding carboxylic acids is 1. The third kappa shape index (κ3) is 2.93. The molecule has 0 saturated heterocycles. The second-order valence-corrected chi connectivity index (χ2v) is 5.78. The smallest absolute Gasteiger partial charge is 0.272 e. The fraction of sp³-hybridized carbons (Fsp3) is 0.111. The van der Waals surface area contributed by atoms with Crippen LogP contribution in [0.25, 0.3) is 0 Å². The fourth-order valence-corrected chi connectivity index (χ4v) is 2.71. The van der Waals surface area contributed by atoms with Crippen molar-refractivity contribution >= 4 is 23.0 Å². The second kappa shape index (κ2) is 6.57. The number of carbonyl (C=O) groups is 1. The van der Waals surface area contributed by atoms with Gasteiger partial charge in [0, 0.05) is 33.0 Å². The molecule has 3 rings (SSSR count). The average molecular weight is 352 g/mol. The Morgan fingerprint density at radius 3 is 2.88 bits per heavy atom. The van der Waals surface area contributed by atoms with Crippen LogP contribution in [0.3, 0.4) is 0 Å². The molecule has 0 fully saturated rings. The van der Waals surface area contributed by atoms with Crippen LogP contribution >= 0.6 is 0 Å². The molecule has 2 aromatic heterocycles. The van der Waals surface area contributed by atoms with Gasteiger partial charge in [0.15, 0.2) is 0 Å². The average Bonchev–Trinajstić information content (AvgIpc) is 3.24. The van der Waals surface area contributed by atoms with E-state index < -0.39 is 0 Å². The molecule has 0 aliphatic carbocycles. The zero-order valence-electron chi connectivity index (χ0n) is 14.2. The molecule has 3 aromatic rings. The first kappa shape index (κ1) is 17.0. The Balaban J connectivity index is 0.00000196. The number of aryl methyl sites for hydroxylation is 1. The van der Waals surface area contributed by atoms with Gasteiger partial charge in [-0.2, -0.15) is 5.26 Å². The normalized spacial score (nSPS) is 10.3. The first-order valence-corrected chi connectivity index (χ1v) is 7.68. The van der Waals surface area contributed by atoms with Crippen molar-refractivity contribution in [2.45, 2.75) is 6.92 Å². The number of nitrogen functional groups attached to an aromatic ring is 1. The minimum Gasteiger partial charge on any atom is -0.398 e. The quantitative estimate of drug-likeness (QED) is 0.490. The van der Waals surface area contributed by atoms with E-state index in [0.29, 0.717) is 39.3 Å². The summed E-state index contributed by atoms with van der Waals surface area (Å²) in [5.41, 5.74) is 9.38. The molecule has 8 heteroatoms. The van der Waals surface area contributed by atoms with Crippen molar-refractivity contribution in [2.24, 2.45) is 7.05 Å². The van der Waals surface area contributed by atoms with Gasteiger partial charge in [0.2, 0.25) is 0 Å². The molecule has 0 radical (unpaired) electrons. The van der Waals surface area contributed by atoms with Crippen LogP contribution in [-0.2, 0) is 7.05 Å². The molecule has 1 amide bonds. The number of nitrogens with one attached hydrogen (secondary N) is 2. The zero-order chi connectivity index (χ0) is 18.8. The second-order valence-electron chi connectivity index (χ2n) is 5.78. The summed E-state index contributed by atoms with van der Waals surface area (Å²) in [6.45, 7) is 1.73. The number of hydrogen-bond acceptors (Lipinski definition) is 6. The van der Waals surface area contributed by atoms with E-state index in [1.165, 1.54) is 12.5 Å². The molecule has 0 aliphatic heterocycles. The minimum atomic E-state index is -0.348. The van der Waals surface area contributed by atoms with Gasteiger partial charge in [0.05, 0.1) is 23.0 Å². The summed E-state index contributed by atoms with van der Waals surface area (Å²) in [6.07, 6.45) is 4.38. The molecule has 0 aliphatic rings. The van der Waals surface area contributed by atoms with Crippen LogP contribution in [-0.4, -0.2) is 21.3 Å². The largest absolute Gasteiger partial charge is 0.398 e. The highest BCUT2D eigenvalue weighted by Gasteiger charge is 2.18. The number of nitriles is 1. The number of rotatable bonds is 4. The number of benzene rings is 1. The SMILES string of the molecule is Cc1c(C#N)cn(C)c1C(=O)Nc1ccc(N)c(C(=N)c2cnoc2)c1.[HH].[HH]. The molecule has 0 saturated carbocycles. The summed E-state index contributed by atoms with van der Waals surface area (Å²) >= 11 is 0. The van der Waals surface area contributed by atoms with Crippen molar-refractivity contribution in [3.8, 4) is 6.07 Å². The predicted molar refractivity (Wildman–Crippen MR) is 100 cm³/mol. The van der Waals surface area contributed by atoms with E-state index in [-0.39, 0.29) is 14.5 Å². The first-order chi connectivity index (χ1) is 12.4. The Bertz CT molecular complexity index is 1050. The molecule has 1 aromatic carbocycles. The highest BCUT2D eigenvalue weighted by atomic mass is 16.5. The summed E-state index contributed by atoms with van der Waals surface area (Å²) in [5.74, 6) is -0.348. The predicted octanol–water partition coefficient (Wildman–Crippen LogP) is 2.94. The summed E-state index contributed by atoms with van der Waals surface area (Å²) in [6, 6.07) is 6.95. The lowest BCUT2D eigenvalue weighted by molar-refractivity contribution is 0.101. The third-order valence-corrected chi connectivity index (χ3v) is 4.07. The van der Waals surface area contributed by atoms with Crippen LogP contribution < -0.4 is 11.1 Å². The maximum atomic E-state index is 12.6. The van der Waals surface area contributed by atoms with Crippen LogP contribution in [0.1, 0.15) is 35.6 Å². The van der Waals surface area contributed by atoms with E-state index in [1.807, 2.05) is 0 Å². The fourth-order valence-electron chi connectivity index (χ4n) is 2.71. The topological polar surface area (TPSA) is 134 Å². The van der Waals surface area contributed by atoms with E-state index >= 15 is 0 Å². The van der Waals surface area contributed by atoms with Crippen LogP contribution in [0.2, 0.25) is 0 Å². The van der Waals surface area contributed by atoms with E-state index in [2.05, 4.69) is 16.5 Å². The molecule has 0 spiro atoms. The van der Waals surface area contributed by atoms with Gasteiger partial charge in [-0.15, -0.1) is 0 Å². The van der Waals surface area contributed by atoms with Crippen molar-refractivity contribution in [3.05, 3.63) is 64.8 Å². The lowest BCUT2D eigenvalue weighted by Crippen LogP contribution is -2.17. The molecular formula is C18H20N6O2. The van der Waals surface area contributed by atoms with Gasteiger partial charge < -0.3 is 20.1 Å². The molecule has 0 unspecified atom stereocenters. The lowest BCUT2D eigenvalue weighted by atomic mass is 10.0. The Morgan fingerprint density at radius 2 is 2.27 bits per heavy atom. The van der Waals surface area contributed by atoms with Gasteiger partial charge in [-0.3, -0.25) is 10.2 Å². The molecule has 0 atom stereocenters. The Morgan fingerprint density at radius 1 is 1.50 bits per heavy atom. The first-order valence-electron chi connectivity index (χ1n) is 7.68. The number of amides is 1. The van der Waals surface area contributed by atoms with Crippen molar-refractivity contribution < 1.29 is 12.2 Å². The van der Waals surface area contributed by atoms with Crippen molar-refractivity contribution in [2.75, 3.05) is 11.1 Å². The molecule has 8 nitrogen and oxygen atoms in total. The van der Waals surface area contributed by atoms with E-state index in [9.17, 15) is 4.79 Å². The van der Waals surface area contributed by atoms with Gasteiger partial charge in [0.1, 0.15) is 18.0 Å². The number of hydrogen-bond donors (Lipinski definition) is 3. The number of anilines is 2. The maximum absolute atomic E-state index is 12.6. The molecule has 134 valence electrons. The van der Waals surface area contributed by atoms with Gasteiger partial charge in [0.25, 0.3) is 5.91 Å². The Hall–Kier alpha value is -3.86. The monoisotopic (exact) mass is 352 g/mol. The minimum absolute atomic E-state index is 0. The van der Waals surface area contributed by atoms with E-state index in [1.54, 1.807) is 42.9 Å². The van der Waals surface area contributed by atoms with Crippen LogP contribution in [0, 0.1) is 23.7 Å². The van der Waals surface area contributed by atoms with E-state index in [4.69, 9.17) is 20.9 Å². The van der Waals surface area contributed by atoms with Gasteiger partial charge >= 0.3 is 0 Å². The van der Waals surface area contributed by atoms with Crippen molar-refractivity contribution in [1.29, 1.82) is 10.7 Å². The highest BCUT2D eigenvalue weighted by Crippen LogP contribution is 2.23. The molecule has 4 N–H and O–H groups in total. The van der Waals surface area contributed by atoms with Crippen molar-refractivity contribution in [1.82, 2.24) is 9.72 Å². The standard InChI is InChI=1S/C18H16N6O2.2H2/c1-10-11(6-19)8-24(2)17(10)18(25)23-13-3-4-15(20)14(5-13)16(21)12-7-22-26-9-12;;/h3-5,7-9,21H,20H2,1-2H3,(H,23,25);2*1H. The summed E-state index contributed by atoms with van der Waals surface area (Å²) in [7, 11) is 1.71. The lowest BCUT2D eigenvalue weighted by Gasteiger charge is -2.11. The summed E-state index contributed by atoms with van der Waals surface area (Å²) in [4.78, 5) is 12.6. The van der Waals surface area contributed by atoms with Crippen molar-refractivity contribution in [3.63, 3.8) is 0 Å². The molecule has 2 heterocycles. The van der Waals surface area contributed by atoms with E-state index in [0.717, 1.165) is 0 Å². The highest BCUT2D eigenvalue weighted by molar-refractivity contribution is 6.14. The maximum Gasteiger partial charge on any atom is 0.272 e. The van der Waals surface area contributed by atoms with Crippen LogP contribution in [0.5, 0.6) is 0 Å². The Labute approximate surface area is 152 Å². The molecular weight excluding hydrogens is 332 g/mol. The number of aromatic nitrogens is 2. The van der Waals surface area contributed by atoms with Gasteiger partial charge in [-0.25, -0.2) is 0 Å². The molecule has 26 heavy (non-hydrogen) atoms. The summed E-state index contributed by atoms with van der Waals surface area (Å²) < 4.78 is 6.37. The zero-order valence-corrected chi connectivity index (χ0v) is 14.2. The number of nitrogens with two attached hydrogens (primary N) is 1. The number of nitrogens with zero attached hydrogens (tertiary/aromatic N) is 3. The Kier molecular flexibility index (Phi) is 4.29. The van der Waals surface area contributed by atoms with Gasteiger partial charge in [-0.05, 0) is 30.7 Å². The van der Waals surface area contributed by atoms with Crippen LogP contribution in [0.15, 0.2) is 41.4 Å². The van der Waals surface area contributed by atoms with Crippen LogP contribution in [0.4, 0.5) is 11.4 Å².